The van der Waals surface area contributed by atoms with E-state index in [4.69, 9.17) is 0 Å². The summed E-state index contributed by atoms with van der Waals surface area (Å²) in [5.41, 5.74) is 2.82. The molecule has 0 aliphatic carbocycles. The maximum atomic E-state index is 12.6. The summed E-state index contributed by atoms with van der Waals surface area (Å²) in [5.74, 6) is -0.130. The Labute approximate surface area is 152 Å². The molecule has 1 aliphatic rings. The van der Waals surface area contributed by atoms with Crippen molar-refractivity contribution in [2.75, 3.05) is 13.1 Å². The van der Waals surface area contributed by atoms with Crippen molar-refractivity contribution >= 4 is 17.6 Å². The van der Waals surface area contributed by atoms with E-state index in [0.29, 0.717) is 24.2 Å². The summed E-state index contributed by atoms with van der Waals surface area (Å²) < 4.78 is 0. The van der Waals surface area contributed by atoms with Gasteiger partial charge in [-0.15, -0.1) is 0 Å². The SMILES string of the molecule is CC(=O)NC1CCN(C(=O)c2ccc(-c3ccc(C(C)=O)cn3)cc2)C1. The fraction of sp³-hybridized carbons (Fsp3) is 0.300. The van der Waals surface area contributed by atoms with Crippen LogP contribution in [0.25, 0.3) is 11.3 Å². The van der Waals surface area contributed by atoms with Crippen molar-refractivity contribution in [3.05, 3.63) is 53.7 Å². The molecule has 134 valence electrons. The summed E-state index contributed by atoms with van der Waals surface area (Å²) in [5, 5.41) is 2.86. The number of rotatable bonds is 4. The van der Waals surface area contributed by atoms with Crippen LogP contribution < -0.4 is 5.32 Å². The molecule has 1 unspecified atom stereocenters. The van der Waals surface area contributed by atoms with Crippen molar-refractivity contribution in [1.29, 1.82) is 0 Å². The third-order valence-corrected chi connectivity index (χ3v) is 4.48. The third kappa shape index (κ3) is 3.96. The van der Waals surface area contributed by atoms with E-state index in [1.807, 2.05) is 12.1 Å². The van der Waals surface area contributed by atoms with Crippen LogP contribution in [-0.2, 0) is 4.79 Å². The second-order valence-electron chi connectivity index (χ2n) is 6.50. The van der Waals surface area contributed by atoms with Gasteiger partial charge in [-0.1, -0.05) is 12.1 Å². The van der Waals surface area contributed by atoms with Crippen molar-refractivity contribution in [1.82, 2.24) is 15.2 Å². The molecule has 2 aromatic rings. The Morgan fingerprint density at radius 2 is 1.73 bits per heavy atom. The number of hydrogen-bond donors (Lipinski definition) is 1. The first-order valence-electron chi connectivity index (χ1n) is 8.58. The van der Waals surface area contributed by atoms with Crippen molar-refractivity contribution < 1.29 is 14.4 Å². The maximum Gasteiger partial charge on any atom is 0.253 e. The van der Waals surface area contributed by atoms with Crippen molar-refractivity contribution in [3.63, 3.8) is 0 Å². The second kappa shape index (κ2) is 7.47. The average Bonchev–Trinajstić information content (AvgIpc) is 3.09. The molecule has 26 heavy (non-hydrogen) atoms. The van der Waals surface area contributed by atoms with Crippen LogP contribution in [0.4, 0.5) is 0 Å². The zero-order valence-electron chi connectivity index (χ0n) is 14.9. The van der Waals surface area contributed by atoms with Crippen molar-refractivity contribution in [2.45, 2.75) is 26.3 Å². The molecule has 0 spiro atoms. The van der Waals surface area contributed by atoms with Crippen molar-refractivity contribution in [2.24, 2.45) is 0 Å². The smallest absolute Gasteiger partial charge is 0.253 e. The van der Waals surface area contributed by atoms with Gasteiger partial charge >= 0.3 is 0 Å². The van der Waals surface area contributed by atoms with E-state index >= 15 is 0 Å². The highest BCUT2D eigenvalue weighted by molar-refractivity contribution is 5.95. The fourth-order valence-corrected chi connectivity index (χ4v) is 3.09. The number of amides is 2. The second-order valence-corrected chi connectivity index (χ2v) is 6.50. The minimum atomic E-state index is -0.0723. The minimum absolute atomic E-state index is 0.0202. The molecule has 1 aliphatic heterocycles. The Hall–Kier alpha value is -3.02. The van der Waals surface area contributed by atoms with E-state index in [9.17, 15) is 14.4 Å². The van der Waals surface area contributed by atoms with Gasteiger partial charge in [0.15, 0.2) is 5.78 Å². The van der Waals surface area contributed by atoms with Crippen LogP contribution in [0.15, 0.2) is 42.6 Å². The van der Waals surface area contributed by atoms with Gasteiger partial charge in [0.2, 0.25) is 5.91 Å². The zero-order chi connectivity index (χ0) is 18.7. The van der Waals surface area contributed by atoms with Crippen LogP contribution >= 0.6 is 0 Å². The van der Waals surface area contributed by atoms with E-state index in [1.54, 1.807) is 35.4 Å². The molecule has 2 amide bonds. The lowest BCUT2D eigenvalue weighted by atomic mass is 10.1. The fourth-order valence-electron chi connectivity index (χ4n) is 3.09. The van der Waals surface area contributed by atoms with Gasteiger partial charge in [0.1, 0.15) is 0 Å². The molecule has 6 nitrogen and oxygen atoms in total. The van der Waals surface area contributed by atoms with Crippen LogP contribution in [0.2, 0.25) is 0 Å². The number of nitrogens with zero attached hydrogens (tertiary/aromatic N) is 2. The van der Waals surface area contributed by atoms with Gasteiger partial charge in [0, 0.05) is 48.9 Å². The monoisotopic (exact) mass is 351 g/mol. The molecule has 1 N–H and O–H groups in total. The molecule has 6 heteroatoms. The molecule has 1 aromatic carbocycles. The molecule has 1 atom stereocenters. The Morgan fingerprint density at radius 3 is 2.31 bits per heavy atom. The highest BCUT2D eigenvalue weighted by Gasteiger charge is 2.27. The number of hydrogen-bond acceptors (Lipinski definition) is 4. The predicted molar refractivity (Wildman–Crippen MR) is 97.8 cm³/mol. The Morgan fingerprint density at radius 1 is 1.04 bits per heavy atom. The summed E-state index contributed by atoms with van der Waals surface area (Å²) in [4.78, 5) is 41.1. The van der Waals surface area contributed by atoms with Gasteiger partial charge < -0.3 is 10.2 Å². The van der Waals surface area contributed by atoms with Crippen molar-refractivity contribution in [3.8, 4) is 11.3 Å². The molecule has 0 radical (unpaired) electrons. The Bertz CT molecular complexity index is 828. The molecular weight excluding hydrogens is 330 g/mol. The van der Waals surface area contributed by atoms with Crippen LogP contribution in [0.1, 0.15) is 41.0 Å². The van der Waals surface area contributed by atoms with Gasteiger partial charge in [-0.05, 0) is 37.6 Å². The lowest BCUT2D eigenvalue weighted by Crippen LogP contribution is -2.37. The maximum absolute atomic E-state index is 12.6. The number of likely N-dealkylation sites (tertiary alicyclic amines) is 1. The van der Waals surface area contributed by atoms with Gasteiger partial charge in [0.25, 0.3) is 5.91 Å². The predicted octanol–water partition coefficient (Wildman–Crippen LogP) is 2.30. The minimum Gasteiger partial charge on any atom is -0.352 e. The first-order valence-corrected chi connectivity index (χ1v) is 8.58. The van der Waals surface area contributed by atoms with Crippen LogP contribution in [-0.4, -0.2) is 46.6 Å². The summed E-state index contributed by atoms with van der Waals surface area (Å²) in [6.07, 6.45) is 2.33. The zero-order valence-corrected chi connectivity index (χ0v) is 14.9. The number of benzene rings is 1. The normalized spacial score (nSPS) is 16.4. The van der Waals surface area contributed by atoms with Gasteiger partial charge in [-0.2, -0.15) is 0 Å². The molecule has 1 aromatic heterocycles. The lowest BCUT2D eigenvalue weighted by molar-refractivity contribution is -0.119. The van der Waals surface area contributed by atoms with E-state index in [1.165, 1.54) is 13.8 Å². The van der Waals surface area contributed by atoms with Gasteiger partial charge in [-0.3, -0.25) is 19.4 Å². The average molecular weight is 351 g/mol. The first-order chi connectivity index (χ1) is 12.4. The molecule has 1 fully saturated rings. The topological polar surface area (TPSA) is 79.4 Å². The Kier molecular flexibility index (Phi) is 5.11. The molecule has 2 heterocycles. The standard InChI is InChI=1S/C20H21N3O3/c1-13(24)17-7-8-19(21-11-17)15-3-5-16(6-4-15)20(26)23-10-9-18(12-23)22-14(2)25/h3-8,11,18H,9-10,12H2,1-2H3,(H,22,25). The summed E-state index contributed by atoms with van der Waals surface area (Å²) in [6, 6.07) is 10.8. The van der Waals surface area contributed by atoms with E-state index in [2.05, 4.69) is 10.3 Å². The number of pyridine rings is 1. The quantitative estimate of drug-likeness (QED) is 0.857. The largest absolute Gasteiger partial charge is 0.352 e. The number of Topliss-reactive ketones (excluding diaryl/α,β-unsaturated/α-hetero) is 1. The van der Waals surface area contributed by atoms with E-state index < -0.39 is 0 Å². The summed E-state index contributed by atoms with van der Waals surface area (Å²) in [7, 11) is 0. The van der Waals surface area contributed by atoms with E-state index in [0.717, 1.165) is 17.7 Å². The molecule has 0 bridgehead atoms. The van der Waals surface area contributed by atoms with Crippen LogP contribution in [0.5, 0.6) is 0 Å². The molecule has 3 rings (SSSR count). The van der Waals surface area contributed by atoms with Crippen LogP contribution in [0, 0.1) is 0 Å². The first kappa shape index (κ1) is 17.8. The summed E-state index contributed by atoms with van der Waals surface area (Å²) >= 11 is 0. The lowest BCUT2D eigenvalue weighted by Gasteiger charge is -2.17. The van der Waals surface area contributed by atoms with Gasteiger partial charge in [0.05, 0.1) is 5.69 Å². The molecule has 1 saturated heterocycles. The van der Waals surface area contributed by atoms with Crippen LogP contribution in [0.3, 0.4) is 0 Å². The number of nitrogens with one attached hydrogen (secondary N) is 1. The molecular formula is C20H21N3O3. The van der Waals surface area contributed by atoms with E-state index in [-0.39, 0.29) is 23.6 Å². The molecule has 0 saturated carbocycles. The third-order valence-electron chi connectivity index (χ3n) is 4.48. The number of ketones is 1. The number of carbonyl (C=O) groups is 3. The number of carbonyl (C=O) groups excluding carboxylic acids is 3. The number of aromatic nitrogens is 1. The highest BCUT2D eigenvalue weighted by atomic mass is 16.2. The Balaban J connectivity index is 1.68. The highest BCUT2D eigenvalue weighted by Crippen LogP contribution is 2.20. The summed E-state index contributed by atoms with van der Waals surface area (Å²) in [6.45, 7) is 4.17. The van der Waals surface area contributed by atoms with Gasteiger partial charge in [-0.25, -0.2) is 0 Å².